The molecule has 2 rings (SSSR count). The van der Waals surface area contributed by atoms with Crippen molar-refractivity contribution in [2.75, 3.05) is 0 Å². The van der Waals surface area contributed by atoms with Gasteiger partial charge in [-0.2, -0.15) is 4.79 Å². The molecule has 0 saturated heterocycles. The largest absolute Gasteiger partial charge is 0.423 e. The van der Waals surface area contributed by atoms with Crippen LogP contribution in [-0.4, -0.2) is 11.0 Å². The molecule has 0 bridgehead atoms. The van der Waals surface area contributed by atoms with Crippen molar-refractivity contribution in [2.45, 2.75) is 0 Å². The third-order valence-corrected chi connectivity index (χ3v) is 1.88. The van der Waals surface area contributed by atoms with Gasteiger partial charge in [0.2, 0.25) is 0 Å². The Morgan fingerprint density at radius 3 is 2.93 bits per heavy atom. The number of hydrogen-bond acceptors (Lipinski definition) is 2. The summed E-state index contributed by atoms with van der Waals surface area (Å²) in [4.78, 5) is 14.0. The summed E-state index contributed by atoms with van der Waals surface area (Å²) >= 11 is 0. The second kappa shape index (κ2) is 3.28. The molecule has 1 aromatic heterocycles. The van der Waals surface area contributed by atoms with E-state index in [9.17, 15) is 4.79 Å². The van der Waals surface area contributed by atoms with E-state index in [2.05, 4.69) is 4.79 Å². The molecule has 1 heterocycles. The van der Waals surface area contributed by atoms with Crippen LogP contribution in [0.15, 0.2) is 39.5 Å². The maximum atomic E-state index is 11.1. The first-order chi connectivity index (χ1) is 6.81. The molecule has 0 fully saturated rings. The van der Waals surface area contributed by atoms with E-state index in [4.69, 9.17) is 9.95 Å². The van der Waals surface area contributed by atoms with Gasteiger partial charge in [0, 0.05) is 11.5 Å². The first-order valence-electron chi connectivity index (χ1n) is 4.01. The van der Waals surface area contributed by atoms with Crippen molar-refractivity contribution in [3.63, 3.8) is 0 Å². The van der Waals surface area contributed by atoms with Gasteiger partial charge in [0.1, 0.15) is 5.58 Å². The molecule has 0 atom stereocenters. The molecule has 14 heavy (non-hydrogen) atoms. The van der Waals surface area contributed by atoms with E-state index in [0.717, 1.165) is 5.39 Å². The monoisotopic (exact) mass is 186 g/mol. The average Bonchev–Trinajstić information content (AvgIpc) is 2.18. The van der Waals surface area contributed by atoms with Gasteiger partial charge in [-0.05, 0) is 6.07 Å². The van der Waals surface area contributed by atoms with Crippen LogP contribution in [0.25, 0.3) is 16.5 Å². The van der Waals surface area contributed by atoms with Crippen LogP contribution < -0.4 is 5.63 Å². The number of nitrogens with zero attached hydrogens (tertiary/aromatic N) is 2. The first-order valence-corrected chi connectivity index (χ1v) is 4.01. The van der Waals surface area contributed by atoms with Crippen molar-refractivity contribution < 1.29 is 9.21 Å². The molecule has 2 aromatic rings. The van der Waals surface area contributed by atoms with Gasteiger partial charge in [-0.25, -0.2) is 4.79 Å². The molecule has 0 aliphatic heterocycles. The number of benzene rings is 1. The van der Waals surface area contributed by atoms with Crippen LogP contribution in [0.4, 0.5) is 0 Å². The normalized spacial score (nSPS) is 9.71. The average molecular weight is 186 g/mol. The molecule has 0 spiro atoms. The Morgan fingerprint density at radius 2 is 2.14 bits per heavy atom. The topological polar surface area (TPSA) is 66.6 Å². The van der Waals surface area contributed by atoms with Crippen molar-refractivity contribution in [1.29, 1.82) is 0 Å². The molecule has 4 nitrogen and oxygen atoms in total. The van der Waals surface area contributed by atoms with Gasteiger partial charge < -0.3 is 9.95 Å². The van der Waals surface area contributed by atoms with Gasteiger partial charge in [0.05, 0.1) is 5.56 Å². The molecular weight excluding hydrogens is 180 g/mol. The zero-order valence-corrected chi connectivity index (χ0v) is 7.18. The first kappa shape index (κ1) is 8.41. The molecule has 4 heteroatoms. The van der Waals surface area contributed by atoms with Crippen LogP contribution in [0.1, 0.15) is 5.56 Å². The summed E-state index contributed by atoms with van der Waals surface area (Å²) in [5.74, 6) is 0. The number of rotatable bonds is 1. The van der Waals surface area contributed by atoms with Crippen molar-refractivity contribution >= 4 is 17.2 Å². The van der Waals surface area contributed by atoms with E-state index in [-0.39, 0.29) is 0 Å². The van der Waals surface area contributed by atoms with Gasteiger partial charge >= 0.3 is 5.63 Å². The molecule has 0 saturated carbocycles. The Balaban J connectivity index is 2.93. The number of hydrogen-bond donors (Lipinski definition) is 0. The highest BCUT2D eigenvalue weighted by Crippen LogP contribution is 2.14. The predicted octanol–water partition coefficient (Wildman–Crippen LogP) is 1.44. The Kier molecular flexibility index (Phi) is 1.97. The van der Waals surface area contributed by atoms with Crippen LogP contribution in [0.3, 0.4) is 0 Å². The summed E-state index contributed by atoms with van der Waals surface area (Å²) in [7, 11) is 0. The third kappa shape index (κ3) is 1.34. The third-order valence-electron chi connectivity index (χ3n) is 1.88. The summed E-state index contributed by atoms with van der Waals surface area (Å²) in [6.45, 7) is 0. The van der Waals surface area contributed by atoms with E-state index in [1.54, 1.807) is 18.2 Å². The summed E-state index contributed by atoms with van der Waals surface area (Å²) < 4.78 is 4.95. The minimum Gasteiger partial charge on any atom is -0.423 e. The van der Waals surface area contributed by atoms with Gasteiger partial charge in [-0.15, -0.1) is 0 Å². The molecule has 0 N–H and O–H groups in total. The fourth-order valence-electron chi connectivity index (χ4n) is 1.31. The van der Waals surface area contributed by atoms with Crippen LogP contribution in [0, 0.1) is 0 Å². The van der Waals surface area contributed by atoms with Crippen molar-refractivity contribution in [1.82, 2.24) is 0 Å². The Labute approximate surface area is 79.0 Å². The standard InChI is InChI=1S/C10H6N2O2/c11-12-6-7-5-10(13)14-9-4-2-1-3-8(7)9/h1-6H. The van der Waals surface area contributed by atoms with E-state index < -0.39 is 5.63 Å². The second-order valence-electron chi connectivity index (χ2n) is 2.76. The summed E-state index contributed by atoms with van der Waals surface area (Å²) in [6, 6.07) is 8.34. The summed E-state index contributed by atoms with van der Waals surface area (Å²) in [5, 5.41) is 0.741. The zero-order chi connectivity index (χ0) is 9.97. The quantitative estimate of drug-likeness (QED) is 0.292. The lowest BCUT2D eigenvalue weighted by Gasteiger charge is -1.95. The van der Waals surface area contributed by atoms with Crippen LogP contribution in [-0.2, 0) is 0 Å². The maximum absolute atomic E-state index is 11.1. The Morgan fingerprint density at radius 1 is 1.36 bits per heavy atom. The minimum absolute atomic E-state index is 0.460. The van der Waals surface area contributed by atoms with E-state index in [0.29, 0.717) is 11.1 Å². The van der Waals surface area contributed by atoms with Crippen LogP contribution in [0.5, 0.6) is 0 Å². The van der Waals surface area contributed by atoms with E-state index in [1.807, 2.05) is 6.07 Å². The molecule has 68 valence electrons. The molecular formula is C10H6N2O2. The zero-order valence-electron chi connectivity index (χ0n) is 7.18. The van der Waals surface area contributed by atoms with Gasteiger partial charge in [0.15, 0.2) is 0 Å². The maximum Gasteiger partial charge on any atom is 0.337 e. The lowest BCUT2D eigenvalue weighted by molar-refractivity contribution is 0.00463. The highest BCUT2D eigenvalue weighted by atomic mass is 16.4. The molecule has 0 unspecified atom stereocenters. The molecule has 0 aliphatic carbocycles. The molecule has 1 aromatic carbocycles. The highest BCUT2D eigenvalue weighted by molar-refractivity contribution is 5.95. The molecule has 0 radical (unpaired) electrons. The second-order valence-corrected chi connectivity index (χ2v) is 2.76. The molecule has 0 amide bonds. The Hall–Kier alpha value is -2.19. The van der Waals surface area contributed by atoms with Crippen molar-refractivity contribution in [3.05, 3.63) is 51.8 Å². The lowest BCUT2D eigenvalue weighted by atomic mass is 10.1. The molecule has 0 aliphatic rings. The lowest BCUT2D eigenvalue weighted by Crippen LogP contribution is -1.99. The Bertz CT molecular complexity index is 580. The van der Waals surface area contributed by atoms with Crippen LogP contribution in [0.2, 0.25) is 0 Å². The van der Waals surface area contributed by atoms with Crippen molar-refractivity contribution in [3.8, 4) is 0 Å². The van der Waals surface area contributed by atoms with E-state index >= 15 is 0 Å². The fraction of sp³-hybridized carbons (Fsp3) is 0. The SMILES string of the molecule is [N-]=[N+]=Cc1cc(=O)oc2ccccc12. The summed E-state index contributed by atoms with van der Waals surface area (Å²) in [6.07, 6.45) is 1.21. The van der Waals surface area contributed by atoms with Crippen molar-refractivity contribution in [2.24, 2.45) is 0 Å². The predicted molar refractivity (Wildman–Crippen MR) is 51.3 cm³/mol. The highest BCUT2D eigenvalue weighted by Gasteiger charge is 2.04. The van der Waals surface area contributed by atoms with Gasteiger partial charge in [-0.1, -0.05) is 18.2 Å². The summed E-state index contributed by atoms with van der Waals surface area (Å²) in [5.41, 5.74) is 8.97. The van der Waals surface area contributed by atoms with Gasteiger partial charge in [0.25, 0.3) is 6.21 Å². The van der Waals surface area contributed by atoms with Gasteiger partial charge in [-0.3, -0.25) is 0 Å². The minimum atomic E-state index is -0.460. The van der Waals surface area contributed by atoms with Crippen LogP contribution >= 0.6 is 0 Å². The van der Waals surface area contributed by atoms with E-state index in [1.165, 1.54) is 12.3 Å². The smallest absolute Gasteiger partial charge is 0.337 e. The number of fused-ring (bicyclic) bond motifs is 1. The fourth-order valence-corrected chi connectivity index (χ4v) is 1.31. The number of para-hydroxylation sites is 1.